The standard InChI is InChI=1S/C32H44FN3O6/c1-3-41-32(39)28-17-22-16-23(10-13-27(22)42-28)35-30(37)29-25(19-8-11-24(40-2)12-9-19)14-15-36(29)31(38)21-6-4-20(5-7-21)26(34)18-33/h10,13,16-17,19-21,24-26,29H,3-9,11-12,14-15,18,34H2,1-2H3,(H,35,37)/t19?,20?,21?,24?,25-,26+,29-/m0/s1. The third-order valence-corrected chi connectivity index (χ3v) is 9.82. The van der Waals surface area contributed by atoms with Crippen LogP contribution < -0.4 is 11.1 Å². The molecule has 1 aliphatic heterocycles. The quantitative estimate of drug-likeness (QED) is 0.394. The first-order valence-electron chi connectivity index (χ1n) is 15.5. The summed E-state index contributed by atoms with van der Waals surface area (Å²) >= 11 is 0. The van der Waals surface area contributed by atoms with Crippen molar-refractivity contribution in [1.82, 2.24) is 4.90 Å². The van der Waals surface area contributed by atoms with Crippen molar-refractivity contribution in [3.8, 4) is 0 Å². The van der Waals surface area contributed by atoms with Gasteiger partial charge in [-0.15, -0.1) is 0 Å². The molecule has 0 unspecified atom stereocenters. The van der Waals surface area contributed by atoms with Crippen LogP contribution in [0.2, 0.25) is 0 Å². The van der Waals surface area contributed by atoms with E-state index in [9.17, 15) is 18.8 Å². The van der Waals surface area contributed by atoms with Crippen LogP contribution in [0, 0.1) is 23.7 Å². The molecule has 0 radical (unpaired) electrons. The van der Waals surface area contributed by atoms with Gasteiger partial charge in [-0.2, -0.15) is 0 Å². The summed E-state index contributed by atoms with van der Waals surface area (Å²) in [5.74, 6) is -0.260. The molecule has 1 aromatic carbocycles. The van der Waals surface area contributed by atoms with Crippen LogP contribution in [-0.4, -0.2) is 67.8 Å². The van der Waals surface area contributed by atoms with E-state index < -0.39 is 24.7 Å². The summed E-state index contributed by atoms with van der Waals surface area (Å²) in [5, 5.41) is 3.75. The molecule has 2 saturated carbocycles. The number of ether oxygens (including phenoxy) is 2. The average molecular weight is 586 g/mol. The van der Waals surface area contributed by atoms with Crippen LogP contribution in [0.5, 0.6) is 0 Å². The molecule has 230 valence electrons. The number of carbonyl (C=O) groups excluding carboxylic acids is 3. The molecule has 0 bridgehead atoms. The Morgan fingerprint density at radius 2 is 1.81 bits per heavy atom. The molecule has 2 heterocycles. The average Bonchev–Trinajstić information content (AvgIpc) is 3.65. The molecule has 2 amide bonds. The minimum absolute atomic E-state index is 0.0277. The fourth-order valence-electron chi connectivity index (χ4n) is 7.44. The molecular weight excluding hydrogens is 541 g/mol. The number of nitrogens with zero attached hydrogens (tertiary/aromatic N) is 1. The van der Waals surface area contributed by atoms with Crippen LogP contribution in [0.4, 0.5) is 10.1 Å². The SMILES string of the molecule is CCOC(=O)c1cc2cc(NC(=O)[C@@H]3[C@H](C4CCC(OC)CC4)CCN3C(=O)C3CCC([C@H](N)CF)CC3)ccc2o1. The molecule has 2 aliphatic carbocycles. The molecule has 3 fully saturated rings. The summed E-state index contributed by atoms with van der Waals surface area (Å²) in [6.07, 6.45) is 7.70. The van der Waals surface area contributed by atoms with Crippen LogP contribution in [0.15, 0.2) is 28.7 Å². The molecule has 1 aromatic heterocycles. The maximum Gasteiger partial charge on any atom is 0.374 e. The lowest BCUT2D eigenvalue weighted by Gasteiger charge is -2.37. The molecule has 10 heteroatoms. The summed E-state index contributed by atoms with van der Waals surface area (Å²) in [4.78, 5) is 41.9. The predicted molar refractivity (Wildman–Crippen MR) is 157 cm³/mol. The summed E-state index contributed by atoms with van der Waals surface area (Å²) in [6, 6.07) is 5.80. The van der Waals surface area contributed by atoms with E-state index in [4.69, 9.17) is 19.6 Å². The highest BCUT2D eigenvalue weighted by Crippen LogP contribution is 2.42. The number of likely N-dealkylation sites (tertiary alicyclic amines) is 1. The molecule has 0 spiro atoms. The van der Waals surface area contributed by atoms with E-state index in [-0.39, 0.29) is 48.0 Å². The second kappa shape index (κ2) is 13.5. The number of nitrogens with one attached hydrogen (secondary N) is 1. The number of halogens is 1. The van der Waals surface area contributed by atoms with E-state index in [1.165, 1.54) is 0 Å². The van der Waals surface area contributed by atoms with E-state index >= 15 is 0 Å². The van der Waals surface area contributed by atoms with Gasteiger partial charge in [0.15, 0.2) is 0 Å². The zero-order valence-corrected chi connectivity index (χ0v) is 24.7. The molecule has 9 nitrogen and oxygen atoms in total. The first-order chi connectivity index (χ1) is 20.3. The number of nitrogens with two attached hydrogens (primary N) is 1. The summed E-state index contributed by atoms with van der Waals surface area (Å²) < 4.78 is 29.4. The molecule has 3 N–H and O–H groups in total. The number of benzene rings is 1. The lowest BCUT2D eigenvalue weighted by Crippen LogP contribution is -2.50. The fourth-order valence-corrected chi connectivity index (χ4v) is 7.44. The number of esters is 1. The van der Waals surface area contributed by atoms with Crippen LogP contribution in [0.3, 0.4) is 0 Å². The van der Waals surface area contributed by atoms with Crippen molar-refractivity contribution in [2.75, 3.05) is 32.3 Å². The monoisotopic (exact) mass is 585 g/mol. The fraction of sp³-hybridized carbons (Fsp3) is 0.656. The van der Waals surface area contributed by atoms with Crippen molar-refractivity contribution in [2.24, 2.45) is 29.4 Å². The van der Waals surface area contributed by atoms with Gasteiger partial charge < -0.3 is 29.8 Å². The Hall–Kier alpha value is -2.98. The van der Waals surface area contributed by atoms with Gasteiger partial charge in [0.1, 0.15) is 18.3 Å². The number of alkyl halides is 1. The van der Waals surface area contributed by atoms with Gasteiger partial charge in [0, 0.05) is 36.7 Å². The van der Waals surface area contributed by atoms with Gasteiger partial charge in [0.05, 0.1) is 12.7 Å². The number of amides is 2. The highest BCUT2D eigenvalue weighted by atomic mass is 19.1. The van der Waals surface area contributed by atoms with Crippen LogP contribution in [0.25, 0.3) is 11.0 Å². The number of methoxy groups -OCH3 is 1. The Morgan fingerprint density at radius 1 is 1.07 bits per heavy atom. The minimum atomic E-state index is -0.567. The van der Waals surface area contributed by atoms with E-state index in [0.29, 0.717) is 42.0 Å². The highest BCUT2D eigenvalue weighted by molar-refractivity contribution is 6.00. The molecular formula is C32H44FN3O6. The highest BCUT2D eigenvalue weighted by Gasteiger charge is 2.47. The minimum Gasteiger partial charge on any atom is -0.460 e. The van der Waals surface area contributed by atoms with Crippen LogP contribution in [0.1, 0.15) is 75.3 Å². The Labute approximate surface area is 246 Å². The number of furan rings is 1. The van der Waals surface area contributed by atoms with Crippen molar-refractivity contribution >= 4 is 34.4 Å². The van der Waals surface area contributed by atoms with Gasteiger partial charge >= 0.3 is 5.97 Å². The molecule has 3 atom stereocenters. The van der Waals surface area contributed by atoms with E-state index in [1.54, 1.807) is 38.3 Å². The van der Waals surface area contributed by atoms with Gasteiger partial charge in [-0.05, 0) is 107 Å². The predicted octanol–water partition coefficient (Wildman–Crippen LogP) is 5.07. The van der Waals surface area contributed by atoms with Crippen LogP contribution >= 0.6 is 0 Å². The Balaban J connectivity index is 1.33. The molecule has 5 rings (SSSR count). The van der Waals surface area contributed by atoms with E-state index in [0.717, 1.165) is 44.9 Å². The van der Waals surface area contributed by atoms with Crippen molar-refractivity contribution in [1.29, 1.82) is 0 Å². The molecule has 2 aromatic rings. The van der Waals surface area contributed by atoms with Gasteiger partial charge in [0.2, 0.25) is 17.6 Å². The Morgan fingerprint density at radius 3 is 2.48 bits per heavy atom. The van der Waals surface area contributed by atoms with Crippen molar-refractivity contribution in [3.63, 3.8) is 0 Å². The second-order valence-corrected chi connectivity index (χ2v) is 12.2. The van der Waals surface area contributed by atoms with E-state index in [1.807, 2.05) is 4.90 Å². The lowest BCUT2D eigenvalue weighted by atomic mass is 9.75. The second-order valence-electron chi connectivity index (χ2n) is 12.2. The zero-order chi connectivity index (χ0) is 29.8. The van der Waals surface area contributed by atoms with Gasteiger partial charge in [-0.1, -0.05) is 0 Å². The third-order valence-electron chi connectivity index (χ3n) is 9.82. The Kier molecular flexibility index (Phi) is 9.83. The van der Waals surface area contributed by atoms with Gasteiger partial charge in [-0.3, -0.25) is 9.59 Å². The number of hydrogen-bond donors (Lipinski definition) is 2. The van der Waals surface area contributed by atoms with E-state index in [2.05, 4.69) is 5.32 Å². The lowest BCUT2D eigenvalue weighted by molar-refractivity contribution is -0.142. The third kappa shape index (κ3) is 6.49. The first kappa shape index (κ1) is 30.5. The number of carbonyl (C=O) groups is 3. The summed E-state index contributed by atoms with van der Waals surface area (Å²) in [5.41, 5.74) is 7.04. The maximum atomic E-state index is 14.0. The molecule has 42 heavy (non-hydrogen) atoms. The topological polar surface area (TPSA) is 124 Å². The molecule has 3 aliphatic rings. The summed E-state index contributed by atoms with van der Waals surface area (Å²) in [7, 11) is 1.75. The van der Waals surface area contributed by atoms with Crippen LogP contribution in [-0.2, 0) is 19.1 Å². The van der Waals surface area contributed by atoms with Gasteiger partial charge in [0.25, 0.3) is 0 Å². The summed E-state index contributed by atoms with van der Waals surface area (Å²) in [6.45, 7) is 1.99. The zero-order valence-electron chi connectivity index (χ0n) is 24.7. The Bertz CT molecular complexity index is 1250. The van der Waals surface area contributed by atoms with Crippen molar-refractivity contribution in [3.05, 3.63) is 30.0 Å². The van der Waals surface area contributed by atoms with Gasteiger partial charge in [-0.25, -0.2) is 9.18 Å². The first-order valence-corrected chi connectivity index (χ1v) is 15.5. The number of rotatable bonds is 9. The van der Waals surface area contributed by atoms with Crippen molar-refractivity contribution in [2.45, 2.75) is 82.9 Å². The number of fused-ring (bicyclic) bond motifs is 1. The van der Waals surface area contributed by atoms with Crippen molar-refractivity contribution < 1.29 is 32.7 Å². The molecule has 1 saturated heterocycles. The largest absolute Gasteiger partial charge is 0.460 e. The number of anilines is 1. The smallest absolute Gasteiger partial charge is 0.374 e. The normalized spacial score (nSPS) is 28.9. The number of hydrogen-bond acceptors (Lipinski definition) is 7. The maximum absolute atomic E-state index is 14.0.